The number of piperidine rings is 1. The molecule has 2 fully saturated rings. The quantitative estimate of drug-likeness (QED) is 0.735. The molecular formula is C12H20N2O3. The molecule has 0 radical (unpaired) electrons. The summed E-state index contributed by atoms with van der Waals surface area (Å²) in [5.41, 5.74) is 0. The third kappa shape index (κ3) is 2.44. The lowest BCUT2D eigenvalue weighted by atomic mass is 9.95. The van der Waals surface area contributed by atoms with Crippen molar-refractivity contribution >= 4 is 11.9 Å². The van der Waals surface area contributed by atoms with Crippen LogP contribution in [0.1, 0.15) is 32.6 Å². The zero-order valence-corrected chi connectivity index (χ0v) is 10.2. The van der Waals surface area contributed by atoms with E-state index in [0.29, 0.717) is 13.0 Å². The lowest BCUT2D eigenvalue weighted by Crippen LogP contribution is -2.51. The summed E-state index contributed by atoms with van der Waals surface area (Å²) in [6.45, 7) is 3.44. The summed E-state index contributed by atoms with van der Waals surface area (Å²) in [6, 6.07) is -0.442. The van der Waals surface area contributed by atoms with Gasteiger partial charge in [-0.15, -0.1) is 0 Å². The van der Waals surface area contributed by atoms with E-state index >= 15 is 0 Å². The van der Waals surface area contributed by atoms with Crippen molar-refractivity contribution in [1.82, 2.24) is 10.2 Å². The third-order valence-electron chi connectivity index (χ3n) is 3.91. The Kier molecular flexibility index (Phi) is 3.66. The zero-order valence-electron chi connectivity index (χ0n) is 10.2. The molecule has 0 aliphatic carbocycles. The maximum atomic E-state index is 12.3. The molecule has 5 nitrogen and oxygen atoms in total. The van der Waals surface area contributed by atoms with Crippen LogP contribution in [0.2, 0.25) is 0 Å². The Labute approximate surface area is 101 Å². The molecule has 2 N–H and O–H groups in total. The first-order chi connectivity index (χ1) is 8.11. The summed E-state index contributed by atoms with van der Waals surface area (Å²) in [4.78, 5) is 25.1. The number of aliphatic carboxylic acids is 1. The van der Waals surface area contributed by atoms with E-state index in [1.807, 2.05) is 6.92 Å². The monoisotopic (exact) mass is 240 g/mol. The van der Waals surface area contributed by atoms with E-state index in [4.69, 9.17) is 5.11 Å². The number of amides is 1. The Morgan fingerprint density at radius 1 is 1.29 bits per heavy atom. The van der Waals surface area contributed by atoms with Gasteiger partial charge in [0.05, 0.1) is 5.92 Å². The van der Waals surface area contributed by atoms with Crippen LogP contribution in [0.3, 0.4) is 0 Å². The fourth-order valence-corrected chi connectivity index (χ4v) is 2.86. The average Bonchev–Trinajstić information content (AvgIpc) is 2.74. The van der Waals surface area contributed by atoms with Crippen LogP contribution in [-0.2, 0) is 9.59 Å². The molecular weight excluding hydrogens is 220 g/mol. The van der Waals surface area contributed by atoms with Gasteiger partial charge in [-0.2, -0.15) is 0 Å². The first-order valence-electron chi connectivity index (χ1n) is 6.38. The van der Waals surface area contributed by atoms with Gasteiger partial charge in [-0.05, 0) is 39.2 Å². The van der Waals surface area contributed by atoms with Crippen molar-refractivity contribution < 1.29 is 14.7 Å². The standard InChI is InChI=1S/C12H20N2O3/c1-8-9(5-6-13-8)11(15)14-7-3-2-4-10(14)12(16)17/h8-10,13H,2-7H2,1H3,(H,16,17)/t8?,9?,10-/m0/s1. The van der Waals surface area contributed by atoms with E-state index in [1.165, 1.54) is 0 Å². The van der Waals surface area contributed by atoms with Crippen LogP contribution in [0, 0.1) is 5.92 Å². The van der Waals surface area contributed by atoms with Crippen molar-refractivity contribution in [2.45, 2.75) is 44.7 Å². The van der Waals surface area contributed by atoms with E-state index in [-0.39, 0.29) is 17.9 Å². The second-order valence-corrected chi connectivity index (χ2v) is 5.02. The van der Waals surface area contributed by atoms with Gasteiger partial charge in [0, 0.05) is 12.6 Å². The minimum absolute atomic E-state index is 0.0228. The Bertz CT molecular complexity index is 319. The highest BCUT2D eigenvalue weighted by molar-refractivity contribution is 5.86. The van der Waals surface area contributed by atoms with Gasteiger partial charge in [-0.25, -0.2) is 4.79 Å². The molecule has 2 heterocycles. The number of carboxylic acids is 1. The van der Waals surface area contributed by atoms with Crippen molar-refractivity contribution in [2.24, 2.45) is 5.92 Å². The molecule has 1 amide bonds. The molecule has 2 saturated heterocycles. The number of carboxylic acid groups (broad SMARTS) is 1. The lowest BCUT2D eigenvalue weighted by molar-refractivity contribution is -0.154. The molecule has 2 aliphatic heterocycles. The Morgan fingerprint density at radius 3 is 2.65 bits per heavy atom. The van der Waals surface area contributed by atoms with Crippen LogP contribution in [-0.4, -0.2) is 47.1 Å². The Hall–Kier alpha value is -1.10. The van der Waals surface area contributed by atoms with Crippen LogP contribution in [0.25, 0.3) is 0 Å². The van der Waals surface area contributed by atoms with Crippen molar-refractivity contribution in [3.05, 3.63) is 0 Å². The second kappa shape index (κ2) is 5.04. The fraction of sp³-hybridized carbons (Fsp3) is 0.833. The molecule has 2 aliphatic rings. The van der Waals surface area contributed by atoms with E-state index in [9.17, 15) is 9.59 Å². The van der Waals surface area contributed by atoms with Gasteiger partial charge in [-0.3, -0.25) is 4.79 Å². The maximum Gasteiger partial charge on any atom is 0.326 e. The third-order valence-corrected chi connectivity index (χ3v) is 3.91. The normalized spacial score (nSPS) is 33.7. The maximum absolute atomic E-state index is 12.3. The van der Waals surface area contributed by atoms with Crippen LogP contribution < -0.4 is 5.32 Å². The second-order valence-electron chi connectivity index (χ2n) is 5.02. The predicted octanol–water partition coefficient (Wildman–Crippen LogP) is 0.450. The molecule has 2 unspecified atom stereocenters. The molecule has 5 heteroatoms. The number of likely N-dealkylation sites (tertiary alicyclic amines) is 1. The van der Waals surface area contributed by atoms with E-state index in [0.717, 1.165) is 25.8 Å². The minimum atomic E-state index is -0.864. The van der Waals surface area contributed by atoms with Gasteiger partial charge in [0.2, 0.25) is 5.91 Å². The highest BCUT2D eigenvalue weighted by atomic mass is 16.4. The van der Waals surface area contributed by atoms with Crippen molar-refractivity contribution in [2.75, 3.05) is 13.1 Å². The van der Waals surface area contributed by atoms with Crippen LogP contribution in [0.4, 0.5) is 0 Å². The molecule has 17 heavy (non-hydrogen) atoms. The summed E-state index contributed by atoms with van der Waals surface area (Å²) < 4.78 is 0. The fourth-order valence-electron chi connectivity index (χ4n) is 2.86. The Morgan fingerprint density at radius 2 is 2.06 bits per heavy atom. The van der Waals surface area contributed by atoms with Crippen molar-refractivity contribution in [3.8, 4) is 0 Å². The number of nitrogens with zero attached hydrogens (tertiary/aromatic N) is 1. The summed E-state index contributed by atoms with van der Waals surface area (Å²) in [7, 11) is 0. The summed E-state index contributed by atoms with van der Waals surface area (Å²) >= 11 is 0. The number of carbonyl (C=O) groups excluding carboxylic acids is 1. The molecule has 0 spiro atoms. The summed E-state index contributed by atoms with van der Waals surface area (Å²) in [5.74, 6) is -0.888. The van der Waals surface area contributed by atoms with Gasteiger partial charge >= 0.3 is 5.97 Å². The summed E-state index contributed by atoms with van der Waals surface area (Å²) in [6.07, 6.45) is 3.24. The van der Waals surface area contributed by atoms with Crippen LogP contribution >= 0.6 is 0 Å². The summed E-state index contributed by atoms with van der Waals surface area (Å²) in [5, 5.41) is 12.4. The molecule has 0 aromatic heterocycles. The molecule has 96 valence electrons. The highest BCUT2D eigenvalue weighted by Gasteiger charge is 2.38. The largest absolute Gasteiger partial charge is 0.480 e. The Balaban J connectivity index is 2.08. The van der Waals surface area contributed by atoms with E-state index in [2.05, 4.69) is 5.32 Å². The average molecular weight is 240 g/mol. The first-order valence-corrected chi connectivity index (χ1v) is 6.38. The topological polar surface area (TPSA) is 69.6 Å². The highest BCUT2D eigenvalue weighted by Crippen LogP contribution is 2.24. The van der Waals surface area contributed by atoms with Gasteiger partial charge < -0.3 is 15.3 Å². The van der Waals surface area contributed by atoms with Crippen LogP contribution in [0.15, 0.2) is 0 Å². The predicted molar refractivity (Wildman–Crippen MR) is 62.6 cm³/mol. The van der Waals surface area contributed by atoms with Crippen molar-refractivity contribution in [1.29, 1.82) is 0 Å². The number of rotatable bonds is 2. The van der Waals surface area contributed by atoms with Gasteiger partial charge in [-0.1, -0.05) is 0 Å². The van der Waals surface area contributed by atoms with E-state index in [1.54, 1.807) is 4.90 Å². The van der Waals surface area contributed by atoms with Gasteiger partial charge in [0.25, 0.3) is 0 Å². The molecule has 0 aromatic carbocycles. The first kappa shape index (κ1) is 12.4. The van der Waals surface area contributed by atoms with E-state index < -0.39 is 12.0 Å². The molecule has 0 saturated carbocycles. The molecule has 0 aromatic rings. The SMILES string of the molecule is CC1NCCC1C(=O)N1CCCC[C@H]1C(=O)O. The smallest absolute Gasteiger partial charge is 0.326 e. The lowest BCUT2D eigenvalue weighted by Gasteiger charge is -2.35. The van der Waals surface area contributed by atoms with Gasteiger partial charge in [0.1, 0.15) is 6.04 Å². The molecule has 0 bridgehead atoms. The van der Waals surface area contributed by atoms with Crippen molar-refractivity contribution in [3.63, 3.8) is 0 Å². The molecule has 3 atom stereocenters. The van der Waals surface area contributed by atoms with Crippen LogP contribution in [0.5, 0.6) is 0 Å². The number of hydrogen-bond acceptors (Lipinski definition) is 3. The number of carbonyl (C=O) groups is 2. The zero-order chi connectivity index (χ0) is 12.4. The number of nitrogens with one attached hydrogen (secondary N) is 1. The minimum Gasteiger partial charge on any atom is -0.480 e. The van der Waals surface area contributed by atoms with Gasteiger partial charge in [0.15, 0.2) is 0 Å². The number of hydrogen-bond donors (Lipinski definition) is 2. The molecule has 2 rings (SSSR count).